The fourth-order valence-electron chi connectivity index (χ4n) is 2.62. The van der Waals surface area contributed by atoms with Crippen LogP contribution in [-0.4, -0.2) is 39.9 Å². The molecule has 2 aromatic heterocycles. The Morgan fingerprint density at radius 3 is 2.77 bits per heavy atom. The Bertz CT molecular complexity index is 906. The summed E-state index contributed by atoms with van der Waals surface area (Å²) < 4.78 is 5.88. The van der Waals surface area contributed by atoms with Crippen molar-refractivity contribution in [3.63, 3.8) is 0 Å². The predicted molar refractivity (Wildman–Crippen MR) is 110 cm³/mol. The SMILES string of the molecule is CC(C)(C)NCC(O)COc1cc(Cl)c(Cl)c2[nH]c3cnccc3c12.Cl. The van der Waals surface area contributed by atoms with Crippen LogP contribution >= 0.6 is 35.6 Å². The van der Waals surface area contributed by atoms with E-state index < -0.39 is 6.10 Å². The minimum atomic E-state index is -0.643. The molecule has 0 saturated carbocycles. The summed E-state index contributed by atoms with van der Waals surface area (Å²) in [5.74, 6) is 0.580. The fraction of sp³-hybridized carbons (Fsp3) is 0.389. The molecule has 0 aliphatic carbocycles. The number of fused-ring (bicyclic) bond motifs is 3. The van der Waals surface area contributed by atoms with Gasteiger partial charge in [0.1, 0.15) is 18.5 Å². The van der Waals surface area contributed by atoms with Crippen molar-refractivity contribution < 1.29 is 9.84 Å². The lowest BCUT2D eigenvalue weighted by Gasteiger charge is -2.23. The molecule has 5 nitrogen and oxygen atoms in total. The highest BCUT2D eigenvalue weighted by Gasteiger charge is 2.18. The molecule has 1 unspecified atom stereocenters. The number of aromatic amines is 1. The lowest BCUT2D eigenvalue weighted by molar-refractivity contribution is 0.101. The number of pyridine rings is 1. The van der Waals surface area contributed by atoms with Crippen molar-refractivity contribution in [2.24, 2.45) is 0 Å². The maximum absolute atomic E-state index is 10.2. The van der Waals surface area contributed by atoms with Gasteiger partial charge in [-0.15, -0.1) is 12.4 Å². The monoisotopic (exact) mass is 417 g/mol. The number of hydrogen-bond acceptors (Lipinski definition) is 4. The van der Waals surface area contributed by atoms with E-state index in [1.54, 1.807) is 18.5 Å². The van der Waals surface area contributed by atoms with Crippen LogP contribution in [0.2, 0.25) is 10.0 Å². The van der Waals surface area contributed by atoms with E-state index in [2.05, 4.69) is 15.3 Å². The average Bonchev–Trinajstić information content (AvgIpc) is 2.94. The highest BCUT2D eigenvalue weighted by Crippen LogP contribution is 2.41. The second-order valence-electron chi connectivity index (χ2n) is 7.06. The third-order valence-electron chi connectivity index (χ3n) is 3.83. The van der Waals surface area contributed by atoms with E-state index in [0.717, 1.165) is 16.3 Å². The van der Waals surface area contributed by atoms with Gasteiger partial charge in [-0.1, -0.05) is 23.2 Å². The van der Waals surface area contributed by atoms with Gasteiger partial charge in [-0.3, -0.25) is 4.98 Å². The number of H-pyrrole nitrogens is 1. The molecule has 0 aliphatic rings. The number of aromatic nitrogens is 2. The minimum absolute atomic E-state index is 0. The lowest BCUT2D eigenvalue weighted by Crippen LogP contribution is -2.42. The first-order chi connectivity index (χ1) is 11.8. The average molecular weight is 419 g/mol. The van der Waals surface area contributed by atoms with E-state index in [1.807, 2.05) is 26.8 Å². The lowest BCUT2D eigenvalue weighted by atomic mass is 10.1. The van der Waals surface area contributed by atoms with Gasteiger partial charge >= 0.3 is 0 Å². The zero-order chi connectivity index (χ0) is 18.2. The zero-order valence-electron chi connectivity index (χ0n) is 14.8. The Hall–Kier alpha value is -1.24. The molecule has 1 aromatic carbocycles. The van der Waals surface area contributed by atoms with Crippen molar-refractivity contribution in [2.45, 2.75) is 32.4 Å². The Morgan fingerprint density at radius 1 is 1.35 bits per heavy atom. The second-order valence-corrected chi connectivity index (χ2v) is 7.85. The molecule has 0 aliphatic heterocycles. The van der Waals surface area contributed by atoms with E-state index in [0.29, 0.717) is 27.9 Å². The van der Waals surface area contributed by atoms with E-state index >= 15 is 0 Å². The largest absolute Gasteiger partial charge is 0.490 e. The van der Waals surface area contributed by atoms with Crippen LogP contribution in [-0.2, 0) is 0 Å². The fourth-order valence-corrected chi connectivity index (χ4v) is 3.01. The molecule has 0 amide bonds. The summed E-state index contributed by atoms with van der Waals surface area (Å²) in [6.07, 6.45) is 2.80. The van der Waals surface area contributed by atoms with Crippen LogP contribution in [0.1, 0.15) is 20.8 Å². The Morgan fingerprint density at radius 2 is 2.08 bits per heavy atom. The van der Waals surface area contributed by atoms with Gasteiger partial charge in [0, 0.05) is 29.7 Å². The van der Waals surface area contributed by atoms with Gasteiger partial charge in [0.15, 0.2) is 0 Å². The van der Waals surface area contributed by atoms with Gasteiger partial charge in [0.05, 0.1) is 32.7 Å². The number of benzene rings is 1. The van der Waals surface area contributed by atoms with Crippen LogP contribution < -0.4 is 10.1 Å². The maximum Gasteiger partial charge on any atom is 0.131 e. The van der Waals surface area contributed by atoms with Crippen LogP contribution in [0.4, 0.5) is 0 Å². The van der Waals surface area contributed by atoms with E-state index in [9.17, 15) is 5.11 Å². The van der Waals surface area contributed by atoms with Gasteiger partial charge in [-0.2, -0.15) is 0 Å². The number of nitrogens with zero attached hydrogens (tertiary/aromatic N) is 1. The van der Waals surface area contributed by atoms with Crippen LogP contribution in [0.3, 0.4) is 0 Å². The molecule has 0 fully saturated rings. The predicted octanol–water partition coefficient (Wildman–Crippen LogP) is 4.57. The van der Waals surface area contributed by atoms with E-state index in [-0.39, 0.29) is 24.6 Å². The number of aliphatic hydroxyl groups is 1. The normalized spacial score (nSPS) is 13.0. The highest BCUT2D eigenvalue weighted by molar-refractivity contribution is 6.46. The quantitative estimate of drug-likeness (QED) is 0.567. The summed E-state index contributed by atoms with van der Waals surface area (Å²) in [5.41, 5.74) is 1.48. The van der Waals surface area contributed by atoms with Gasteiger partial charge in [0.2, 0.25) is 0 Å². The molecule has 1 atom stereocenters. The summed E-state index contributed by atoms with van der Waals surface area (Å²) in [6, 6.07) is 3.58. The maximum atomic E-state index is 10.2. The van der Waals surface area contributed by atoms with Crippen molar-refractivity contribution in [3.8, 4) is 5.75 Å². The summed E-state index contributed by atoms with van der Waals surface area (Å²) in [6.45, 7) is 6.72. The Kier molecular flexibility index (Phi) is 6.64. The molecule has 0 spiro atoms. The summed E-state index contributed by atoms with van der Waals surface area (Å²) in [4.78, 5) is 7.34. The number of rotatable bonds is 5. The molecule has 26 heavy (non-hydrogen) atoms. The first kappa shape index (κ1) is 21.1. The molecule has 0 saturated heterocycles. The van der Waals surface area contributed by atoms with Crippen molar-refractivity contribution in [1.29, 1.82) is 0 Å². The molecule has 3 N–H and O–H groups in total. The van der Waals surface area contributed by atoms with Crippen molar-refractivity contribution in [3.05, 3.63) is 34.6 Å². The topological polar surface area (TPSA) is 70.2 Å². The van der Waals surface area contributed by atoms with Crippen LogP contribution in [0.5, 0.6) is 5.75 Å². The van der Waals surface area contributed by atoms with Gasteiger partial charge in [-0.05, 0) is 26.8 Å². The number of nitrogens with one attached hydrogen (secondary N) is 2. The second kappa shape index (κ2) is 8.19. The first-order valence-electron chi connectivity index (χ1n) is 8.05. The number of hydrogen-bond donors (Lipinski definition) is 3. The number of halogens is 3. The molecule has 0 bridgehead atoms. The van der Waals surface area contributed by atoms with Crippen molar-refractivity contribution in [2.75, 3.05) is 13.2 Å². The third-order valence-corrected chi connectivity index (χ3v) is 4.62. The van der Waals surface area contributed by atoms with E-state index in [4.69, 9.17) is 27.9 Å². The number of β-amino-alcohol motifs (C(OH)–C–C–N with tert-alkyl or cyclic N) is 1. The molecule has 2 heterocycles. The molecule has 142 valence electrons. The summed E-state index contributed by atoms with van der Waals surface area (Å²) >= 11 is 12.6. The molecule has 3 aromatic rings. The number of ether oxygens (including phenoxy) is 1. The molecule has 0 radical (unpaired) electrons. The van der Waals surface area contributed by atoms with Crippen molar-refractivity contribution in [1.82, 2.24) is 15.3 Å². The zero-order valence-corrected chi connectivity index (χ0v) is 17.1. The van der Waals surface area contributed by atoms with Gasteiger partial charge < -0.3 is 20.1 Å². The highest BCUT2D eigenvalue weighted by atomic mass is 35.5. The Balaban J connectivity index is 0.00000243. The summed E-state index contributed by atoms with van der Waals surface area (Å²) in [7, 11) is 0. The van der Waals surface area contributed by atoms with Crippen molar-refractivity contribution >= 4 is 57.4 Å². The van der Waals surface area contributed by atoms with Crippen LogP contribution in [0.15, 0.2) is 24.5 Å². The van der Waals surface area contributed by atoms with Crippen LogP contribution in [0, 0.1) is 0 Å². The number of aliphatic hydroxyl groups excluding tert-OH is 1. The van der Waals surface area contributed by atoms with Gasteiger partial charge in [-0.25, -0.2) is 0 Å². The molecule has 3 rings (SSSR count). The van der Waals surface area contributed by atoms with Crippen LogP contribution in [0.25, 0.3) is 21.8 Å². The first-order valence-corrected chi connectivity index (χ1v) is 8.81. The minimum Gasteiger partial charge on any atom is -0.490 e. The molecular weight excluding hydrogens is 397 g/mol. The summed E-state index contributed by atoms with van der Waals surface area (Å²) in [5, 5.41) is 16.0. The van der Waals surface area contributed by atoms with E-state index in [1.165, 1.54) is 0 Å². The standard InChI is InChI=1S/C18H21Cl2N3O2.ClH/c1-18(2,3)22-7-10(24)9-25-14-6-12(19)16(20)17-15(14)11-4-5-21-8-13(11)23-17;/h4-6,8,10,22-24H,7,9H2,1-3H3;1H. The molecular formula is C18H22Cl3N3O2. The molecule has 8 heteroatoms. The third kappa shape index (κ3) is 4.53. The smallest absolute Gasteiger partial charge is 0.131 e. The Labute approximate surface area is 168 Å². The van der Waals surface area contributed by atoms with Gasteiger partial charge in [0.25, 0.3) is 0 Å².